The van der Waals surface area contributed by atoms with Gasteiger partial charge >= 0.3 is 11.9 Å². The zero-order valence-corrected chi connectivity index (χ0v) is 15.6. The van der Waals surface area contributed by atoms with Crippen LogP contribution in [0.15, 0.2) is 54.6 Å². The van der Waals surface area contributed by atoms with Crippen molar-refractivity contribution in [3.63, 3.8) is 0 Å². The first kappa shape index (κ1) is 20.7. The highest BCUT2D eigenvalue weighted by Gasteiger charge is 2.08. The minimum Gasteiger partial charge on any atom is -0.497 e. The first-order valence-electron chi connectivity index (χ1n) is 8.57. The van der Waals surface area contributed by atoms with Crippen molar-refractivity contribution in [2.75, 3.05) is 25.6 Å². The number of ether oxygens (including phenoxy) is 3. The molecule has 0 aromatic heterocycles. The molecule has 0 unspecified atom stereocenters. The van der Waals surface area contributed by atoms with Crippen LogP contribution in [0.5, 0.6) is 5.75 Å². The fraction of sp³-hybridized carbons (Fsp3) is 0.190. The van der Waals surface area contributed by atoms with Crippen molar-refractivity contribution in [3.8, 4) is 5.75 Å². The monoisotopic (exact) mass is 383 g/mol. The summed E-state index contributed by atoms with van der Waals surface area (Å²) in [5, 5.41) is 2.58. The molecule has 0 aliphatic carbocycles. The summed E-state index contributed by atoms with van der Waals surface area (Å²) in [5.41, 5.74) is 1.65. The Balaban J connectivity index is 1.78. The molecule has 0 saturated carbocycles. The van der Waals surface area contributed by atoms with Gasteiger partial charge in [-0.05, 0) is 55.0 Å². The molecule has 0 fully saturated rings. The predicted molar refractivity (Wildman–Crippen MR) is 104 cm³/mol. The van der Waals surface area contributed by atoms with Gasteiger partial charge in [-0.15, -0.1) is 0 Å². The summed E-state index contributed by atoms with van der Waals surface area (Å²) in [5.74, 6) is -0.844. The third kappa shape index (κ3) is 6.60. The molecule has 0 aliphatic rings. The molecular formula is C21H21NO6. The fourth-order valence-corrected chi connectivity index (χ4v) is 2.17. The Morgan fingerprint density at radius 1 is 0.964 bits per heavy atom. The highest BCUT2D eigenvalue weighted by Crippen LogP contribution is 2.12. The molecule has 0 atom stereocenters. The molecule has 1 amide bonds. The number of benzene rings is 2. The second-order valence-corrected chi connectivity index (χ2v) is 5.56. The standard InChI is InChI=1S/C21H21NO6/c1-3-27-21(25)16-7-9-17(10-8-16)22-19(23)14-28-20(24)13-6-15-4-11-18(26-2)12-5-15/h4-13H,3,14H2,1-2H3,(H,22,23)/b13-6+. The van der Waals surface area contributed by atoms with Crippen LogP contribution in [0.4, 0.5) is 5.69 Å². The summed E-state index contributed by atoms with van der Waals surface area (Å²) in [6.45, 7) is 1.58. The lowest BCUT2D eigenvalue weighted by atomic mass is 10.2. The van der Waals surface area contributed by atoms with Crippen LogP contribution in [-0.4, -0.2) is 38.2 Å². The quantitative estimate of drug-likeness (QED) is 0.556. The van der Waals surface area contributed by atoms with E-state index in [-0.39, 0.29) is 6.61 Å². The molecule has 7 nitrogen and oxygen atoms in total. The van der Waals surface area contributed by atoms with E-state index in [0.29, 0.717) is 17.0 Å². The Morgan fingerprint density at radius 3 is 2.25 bits per heavy atom. The summed E-state index contributed by atoms with van der Waals surface area (Å²) in [6.07, 6.45) is 2.82. The van der Waals surface area contributed by atoms with Gasteiger partial charge < -0.3 is 19.5 Å². The van der Waals surface area contributed by atoms with E-state index in [1.165, 1.54) is 18.2 Å². The number of amides is 1. The topological polar surface area (TPSA) is 90.9 Å². The molecule has 28 heavy (non-hydrogen) atoms. The largest absolute Gasteiger partial charge is 0.497 e. The summed E-state index contributed by atoms with van der Waals surface area (Å²) >= 11 is 0. The maximum absolute atomic E-state index is 11.9. The number of esters is 2. The van der Waals surface area contributed by atoms with Gasteiger partial charge in [-0.25, -0.2) is 9.59 Å². The van der Waals surface area contributed by atoms with Crippen molar-refractivity contribution in [1.29, 1.82) is 0 Å². The number of nitrogens with one attached hydrogen (secondary N) is 1. The molecule has 0 spiro atoms. The minimum atomic E-state index is -0.636. The minimum absolute atomic E-state index is 0.287. The molecule has 2 rings (SSSR count). The molecule has 2 aromatic carbocycles. The van der Waals surface area contributed by atoms with E-state index >= 15 is 0 Å². The number of anilines is 1. The van der Waals surface area contributed by atoms with E-state index in [1.54, 1.807) is 56.5 Å². The van der Waals surface area contributed by atoms with Crippen molar-refractivity contribution in [1.82, 2.24) is 0 Å². The van der Waals surface area contributed by atoms with Gasteiger partial charge in [0, 0.05) is 11.8 Å². The molecule has 1 N–H and O–H groups in total. The number of carbonyl (C=O) groups is 3. The van der Waals surface area contributed by atoms with Crippen LogP contribution >= 0.6 is 0 Å². The Labute approximate surface area is 162 Å². The van der Waals surface area contributed by atoms with Gasteiger partial charge in [0.25, 0.3) is 5.91 Å². The fourth-order valence-electron chi connectivity index (χ4n) is 2.17. The van der Waals surface area contributed by atoms with E-state index in [4.69, 9.17) is 14.2 Å². The molecule has 0 aliphatic heterocycles. The van der Waals surface area contributed by atoms with Crippen LogP contribution < -0.4 is 10.1 Å². The van der Waals surface area contributed by atoms with Crippen LogP contribution in [0.3, 0.4) is 0 Å². The average Bonchev–Trinajstić information content (AvgIpc) is 2.71. The van der Waals surface area contributed by atoms with Gasteiger partial charge in [0.1, 0.15) is 5.75 Å². The lowest BCUT2D eigenvalue weighted by molar-refractivity contribution is -0.142. The number of hydrogen-bond acceptors (Lipinski definition) is 6. The lowest BCUT2D eigenvalue weighted by Crippen LogP contribution is -2.20. The summed E-state index contributed by atoms with van der Waals surface area (Å²) < 4.78 is 14.8. The molecule has 7 heteroatoms. The van der Waals surface area contributed by atoms with Crippen molar-refractivity contribution >= 4 is 29.6 Å². The number of rotatable bonds is 8. The molecular weight excluding hydrogens is 362 g/mol. The summed E-state index contributed by atoms with van der Waals surface area (Å²) in [6, 6.07) is 13.3. The number of methoxy groups -OCH3 is 1. The van der Waals surface area contributed by atoms with Crippen LogP contribution in [0.1, 0.15) is 22.8 Å². The number of hydrogen-bond donors (Lipinski definition) is 1. The van der Waals surface area contributed by atoms with Gasteiger partial charge in [0.05, 0.1) is 19.3 Å². The summed E-state index contributed by atoms with van der Waals surface area (Å²) in [4.78, 5) is 35.1. The van der Waals surface area contributed by atoms with E-state index in [2.05, 4.69) is 5.32 Å². The SMILES string of the molecule is CCOC(=O)c1ccc(NC(=O)COC(=O)/C=C/c2ccc(OC)cc2)cc1. The smallest absolute Gasteiger partial charge is 0.338 e. The predicted octanol–water partition coefficient (Wildman–Crippen LogP) is 3.07. The van der Waals surface area contributed by atoms with Crippen LogP contribution in [0, 0.1) is 0 Å². The Morgan fingerprint density at radius 2 is 1.64 bits per heavy atom. The highest BCUT2D eigenvalue weighted by atomic mass is 16.5. The second-order valence-electron chi connectivity index (χ2n) is 5.56. The van der Waals surface area contributed by atoms with Gasteiger partial charge in [-0.3, -0.25) is 4.79 Å². The molecule has 0 heterocycles. The van der Waals surface area contributed by atoms with Gasteiger partial charge in [-0.1, -0.05) is 12.1 Å². The van der Waals surface area contributed by atoms with Crippen LogP contribution in [-0.2, 0) is 19.1 Å². The van der Waals surface area contributed by atoms with E-state index in [0.717, 1.165) is 5.56 Å². The van der Waals surface area contributed by atoms with Crippen molar-refractivity contribution in [2.45, 2.75) is 6.92 Å². The van der Waals surface area contributed by atoms with Gasteiger partial charge in [0.15, 0.2) is 6.61 Å². The van der Waals surface area contributed by atoms with Crippen LogP contribution in [0.2, 0.25) is 0 Å². The summed E-state index contributed by atoms with van der Waals surface area (Å²) in [7, 11) is 1.57. The average molecular weight is 383 g/mol. The Hall–Kier alpha value is -3.61. The maximum atomic E-state index is 11.9. The van der Waals surface area contributed by atoms with Crippen molar-refractivity contribution in [2.24, 2.45) is 0 Å². The van der Waals surface area contributed by atoms with Crippen LogP contribution in [0.25, 0.3) is 6.08 Å². The Kier molecular flexibility index (Phi) is 7.77. The highest BCUT2D eigenvalue weighted by molar-refractivity contribution is 5.95. The van der Waals surface area contributed by atoms with Crippen molar-refractivity contribution < 1.29 is 28.6 Å². The lowest BCUT2D eigenvalue weighted by Gasteiger charge is -2.06. The molecule has 0 saturated heterocycles. The second kappa shape index (κ2) is 10.5. The zero-order chi connectivity index (χ0) is 20.4. The van der Waals surface area contributed by atoms with E-state index < -0.39 is 24.5 Å². The van der Waals surface area contributed by atoms with Gasteiger partial charge in [0.2, 0.25) is 0 Å². The normalized spacial score (nSPS) is 10.4. The van der Waals surface area contributed by atoms with E-state index in [9.17, 15) is 14.4 Å². The van der Waals surface area contributed by atoms with Crippen molar-refractivity contribution in [3.05, 3.63) is 65.7 Å². The molecule has 0 bridgehead atoms. The van der Waals surface area contributed by atoms with Gasteiger partial charge in [-0.2, -0.15) is 0 Å². The third-order valence-electron chi connectivity index (χ3n) is 3.55. The first-order valence-corrected chi connectivity index (χ1v) is 8.57. The maximum Gasteiger partial charge on any atom is 0.338 e. The Bertz CT molecular complexity index is 840. The zero-order valence-electron chi connectivity index (χ0n) is 15.6. The first-order chi connectivity index (χ1) is 13.5. The third-order valence-corrected chi connectivity index (χ3v) is 3.55. The number of carbonyl (C=O) groups excluding carboxylic acids is 3. The molecule has 0 radical (unpaired) electrons. The molecule has 2 aromatic rings. The molecule has 146 valence electrons. The van der Waals surface area contributed by atoms with E-state index in [1.807, 2.05) is 0 Å².